The molecule has 104 valence electrons. The lowest BCUT2D eigenvalue weighted by Crippen LogP contribution is -2.38. The van der Waals surface area contributed by atoms with Crippen LogP contribution in [0.5, 0.6) is 0 Å². The third kappa shape index (κ3) is 2.58. The Labute approximate surface area is 118 Å². The molecule has 2 N–H and O–H groups in total. The summed E-state index contributed by atoms with van der Waals surface area (Å²) in [6.45, 7) is 1.54. The van der Waals surface area contributed by atoms with Crippen LogP contribution >= 0.6 is 0 Å². The van der Waals surface area contributed by atoms with Crippen molar-refractivity contribution in [3.05, 3.63) is 53.3 Å². The Hall–Kier alpha value is -2.14. The third-order valence-electron chi connectivity index (χ3n) is 3.65. The molecule has 1 aromatic carbocycles. The van der Waals surface area contributed by atoms with Crippen molar-refractivity contribution in [2.45, 2.75) is 12.5 Å². The summed E-state index contributed by atoms with van der Waals surface area (Å²) in [6.07, 6.45) is 4.35. The number of rotatable bonds is 3. The van der Waals surface area contributed by atoms with Crippen molar-refractivity contribution in [1.82, 2.24) is 20.4 Å². The van der Waals surface area contributed by atoms with Gasteiger partial charge in [0, 0.05) is 25.8 Å². The summed E-state index contributed by atoms with van der Waals surface area (Å²) in [7, 11) is 1.80. The molecule has 1 atom stereocenters. The van der Waals surface area contributed by atoms with Gasteiger partial charge in [0.2, 0.25) is 0 Å². The lowest BCUT2D eigenvalue weighted by Gasteiger charge is -2.27. The van der Waals surface area contributed by atoms with Crippen LogP contribution in [0.15, 0.2) is 36.7 Å². The van der Waals surface area contributed by atoms with Gasteiger partial charge in [-0.25, -0.2) is 0 Å². The molecule has 1 aliphatic rings. The molecule has 3 rings (SSSR count). The fraction of sp³-hybridized carbons (Fsp3) is 0.333. The van der Waals surface area contributed by atoms with Gasteiger partial charge in [0.25, 0.3) is 5.91 Å². The standard InChI is InChI=1S/C15H18N4O/c1-19-10-12(8-18-19)15(20)17-9-14-13-5-3-2-4-11(13)6-7-16-14/h2-5,8,10,14,16H,6-7,9H2,1H3,(H,17,20). The molecule has 0 saturated carbocycles. The molecular weight excluding hydrogens is 252 g/mol. The normalized spacial score (nSPS) is 17.6. The number of fused-ring (bicyclic) bond motifs is 1. The summed E-state index contributed by atoms with van der Waals surface area (Å²) in [5.74, 6) is -0.0806. The van der Waals surface area contributed by atoms with Gasteiger partial charge >= 0.3 is 0 Å². The molecule has 0 spiro atoms. The number of amides is 1. The highest BCUT2D eigenvalue weighted by Crippen LogP contribution is 2.21. The van der Waals surface area contributed by atoms with E-state index in [1.807, 2.05) is 6.07 Å². The highest BCUT2D eigenvalue weighted by atomic mass is 16.1. The van der Waals surface area contributed by atoms with E-state index >= 15 is 0 Å². The minimum absolute atomic E-state index is 0.0806. The van der Waals surface area contributed by atoms with Crippen molar-refractivity contribution >= 4 is 5.91 Å². The first-order chi connectivity index (χ1) is 9.74. The van der Waals surface area contributed by atoms with E-state index in [2.05, 4.69) is 33.9 Å². The van der Waals surface area contributed by atoms with E-state index in [9.17, 15) is 4.79 Å². The van der Waals surface area contributed by atoms with Crippen LogP contribution in [0.1, 0.15) is 27.5 Å². The summed E-state index contributed by atoms with van der Waals surface area (Å²) in [5, 5.41) is 10.4. The number of carbonyl (C=O) groups excluding carboxylic acids is 1. The van der Waals surface area contributed by atoms with E-state index in [4.69, 9.17) is 0 Å². The Morgan fingerprint density at radius 3 is 3.15 bits per heavy atom. The van der Waals surface area contributed by atoms with E-state index in [-0.39, 0.29) is 11.9 Å². The number of aromatic nitrogens is 2. The lowest BCUT2D eigenvalue weighted by molar-refractivity contribution is 0.0949. The van der Waals surface area contributed by atoms with Crippen LogP contribution < -0.4 is 10.6 Å². The third-order valence-corrected chi connectivity index (χ3v) is 3.65. The zero-order valence-corrected chi connectivity index (χ0v) is 11.5. The van der Waals surface area contributed by atoms with E-state index in [0.717, 1.165) is 13.0 Å². The van der Waals surface area contributed by atoms with Crippen molar-refractivity contribution in [2.75, 3.05) is 13.1 Å². The first-order valence-corrected chi connectivity index (χ1v) is 6.82. The minimum atomic E-state index is -0.0806. The first-order valence-electron chi connectivity index (χ1n) is 6.82. The fourth-order valence-electron chi connectivity index (χ4n) is 2.61. The number of carbonyl (C=O) groups is 1. The number of benzene rings is 1. The summed E-state index contributed by atoms with van der Waals surface area (Å²) in [5.41, 5.74) is 3.24. The second-order valence-corrected chi connectivity index (χ2v) is 5.07. The highest BCUT2D eigenvalue weighted by Gasteiger charge is 2.19. The number of nitrogens with zero attached hydrogens (tertiary/aromatic N) is 2. The number of hydrogen-bond donors (Lipinski definition) is 2. The van der Waals surface area contributed by atoms with Crippen LogP contribution in [-0.2, 0) is 13.5 Å². The summed E-state index contributed by atoms with van der Waals surface area (Å²) in [6, 6.07) is 8.58. The van der Waals surface area contributed by atoms with E-state index in [0.29, 0.717) is 12.1 Å². The molecule has 1 aromatic heterocycles. The number of nitrogens with one attached hydrogen (secondary N) is 2. The van der Waals surface area contributed by atoms with Crippen LogP contribution in [0.25, 0.3) is 0 Å². The lowest BCUT2D eigenvalue weighted by atomic mass is 9.94. The Morgan fingerprint density at radius 2 is 2.35 bits per heavy atom. The van der Waals surface area contributed by atoms with Crippen LogP contribution in [0, 0.1) is 0 Å². The van der Waals surface area contributed by atoms with Crippen molar-refractivity contribution in [2.24, 2.45) is 7.05 Å². The topological polar surface area (TPSA) is 59.0 Å². The molecule has 5 nitrogen and oxygen atoms in total. The average molecular weight is 270 g/mol. The maximum Gasteiger partial charge on any atom is 0.254 e. The van der Waals surface area contributed by atoms with E-state index in [1.54, 1.807) is 24.1 Å². The molecule has 0 fully saturated rings. The molecule has 1 amide bonds. The van der Waals surface area contributed by atoms with Gasteiger partial charge in [0.1, 0.15) is 0 Å². The second kappa shape index (κ2) is 5.46. The summed E-state index contributed by atoms with van der Waals surface area (Å²) < 4.78 is 1.63. The first kappa shape index (κ1) is 12.9. The van der Waals surface area contributed by atoms with Crippen LogP contribution in [0.4, 0.5) is 0 Å². The van der Waals surface area contributed by atoms with Crippen molar-refractivity contribution in [3.8, 4) is 0 Å². The van der Waals surface area contributed by atoms with Gasteiger partial charge < -0.3 is 10.6 Å². The van der Waals surface area contributed by atoms with Crippen molar-refractivity contribution in [1.29, 1.82) is 0 Å². The van der Waals surface area contributed by atoms with Crippen LogP contribution in [0.2, 0.25) is 0 Å². The van der Waals surface area contributed by atoms with Gasteiger partial charge in [0.15, 0.2) is 0 Å². The van der Waals surface area contributed by atoms with Crippen LogP contribution in [-0.4, -0.2) is 28.8 Å². The average Bonchev–Trinajstić information content (AvgIpc) is 2.91. The monoisotopic (exact) mass is 270 g/mol. The van der Waals surface area contributed by atoms with Gasteiger partial charge in [-0.05, 0) is 24.1 Å². The molecule has 0 bridgehead atoms. The van der Waals surface area contributed by atoms with Gasteiger partial charge in [-0.2, -0.15) is 5.10 Å². The zero-order valence-electron chi connectivity index (χ0n) is 11.5. The zero-order chi connectivity index (χ0) is 13.9. The molecule has 1 aliphatic heterocycles. The molecule has 0 radical (unpaired) electrons. The smallest absolute Gasteiger partial charge is 0.254 e. The van der Waals surface area contributed by atoms with Crippen LogP contribution in [0.3, 0.4) is 0 Å². The Bertz CT molecular complexity index is 620. The number of hydrogen-bond acceptors (Lipinski definition) is 3. The molecular formula is C15H18N4O. The maximum absolute atomic E-state index is 12.0. The molecule has 0 saturated heterocycles. The minimum Gasteiger partial charge on any atom is -0.350 e. The Balaban J connectivity index is 1.66. The predicted molar refractivity (Wildman–Crippen MR) is 76.4 cm³/mol. The van der Waals surface area contributed by atoms with Gasteiger partial charge in [-0.3, -0.25) is 9.48 Å². The maximum atomic E-state index is 12.0. The Morgan fingerprint density at radius 1 is 1.50 bits per heavy atom. The quantitative estimate of drug-likeness (QED) is 0.876. The largest absolute Gasteiger partial charge is 0.350 e. The highest BCUT2D eigenvalue weighted by molar-refractivity contribution is 5.93. The van der Waals surface area contributed by atoms with Crippen molar-refractivity contribution < 1.29 is 4.79 Å². The van der Waals surface area contributed by atoms with Gasteiger partial charge in [0.05, 0.1) is 11.8 Å². The predicted octanol–water partition coefficient (Wildman–Crippen LogP) is 1.04. The fourth-order valence-corrected chi connectivity index (χ4v) is 2.61. The summed E-state index contributed by atoms with van der Waals surface area (Å²) in [4.78, 5) is 12.0. The Kier molecular flexibility index (Phi) is 3.52. The molecule has 1 unspecified atom stereocenters. The number of aryl methyl sites for hydroxylation is 1. The molecule has 5 heteroatoms. The second-order valence-electron chi connectivity index (χ2n) is 5.07. The van der Waals surface area contributed by atoms with E-state index in [1.165, 1.54) is 11.1 Å². The van der Waals surface area contributed by atoms with E-state index < -0.39 is 0 Å². The SMILES string of the molecule is Cn1cc(C(=O)NCC2NCCc3ccccc32)cn1. The molecule has 2 heterocycles. The summed E-state index contributed by atoms with van der Waals surface area (Å²) >= 11 is 0. The molecule has 0 aliphatic carbocycles. The van der Waals surface area contributed by atoms with Gasteiger partial charge in [-0.15, -0.1) is 0 Å². The molecule has 20 heavy (non-hydrogen) atoms. The molecule has 2 aromatic rings. The van der Waals surface area contributed by atoms with Gasteiger partial charge in [-0.1, -0.05) is 24.3 Å². The van der Waals surface area contributed by atoms with Crippen molar-refractivity contribution in [3.63, 3.8) is 0 Å².